The van der Waals surface area contributed by atoms with Crippen LogP contribution in [0.15, 0.2) is 12.3 Å². The summed E-state index contributed by atoms with van der Waals surface area (Å²) in [6.45, 7) is 1.90. The van der Waals surface area contributed by atoms with Crippen LogP contribution < -0.4 is 0 Å². The minimum atomic E-state index is -2.84. The number of halogens is 2. The number of esters is 1. The Bertz CT molecular complexity index is 382. The number of alkyl halides is 2. The second-order valence-electron chi connectivity index (χ2n) is 3.03. The van der Waals surface area contributed by atoms with Gasteiger partial charge in [-0.3, -0.25) is 9.78 Å². The maximum absolute atomic E-state index is 12.2. The predicted octanol–water partition coefficient (Wildman–Crippen LogP) is 1.83. The van der Waals surface area contributed by atoms with Crippen LogP contribution in [0.3, 0.4) is 0 Å². The fourth-order valence-corrected chi connectivity index (χ4v) is 1.15. The van der Waals surface area contributed by atoms with Gasteiger partial charge in [0.25, 0.3) is 6.43 Å². The lowest BCUT2D eigenvalue weighted by molar-refractivity contribution is -0.142. The van der Waals surface area contributed by atoms with Crippen molar-refractivity contribution in [3.8, 4) is 5.75 Å². The van der Waals surface area contributed by atoms with Gasteiger partial charge in [-0.1, -0.05) is 0 Å². The molecule has 1 rings (SSSR count). The monoisotopic (exact) mass is 231 g/mol. The van der Waals surface area contributed by atoms with Crippen molar-refractivity contribution in [1.82, 2.24) is 4.98 Å². The van der Waals surface area contributed by atoms with Crippen LogP contribution in [0.1, 0.15) is 24.6 Å². The summed E-state index contributed by atoms with van der Waals surface area (Å²) in [6.07, 6.45) is -1.81. The van der Waals surface area contributed by atoms with E-state index in [0.717, 1.165) is 12.3 Å². The lowest BCUT2D eigenvalue weighted by Gasteiger charge is -2.05. The summed E-state index contributed by atoms with van der Waals surface area (Å²) in [5.41, 5.74) is -0.354. The number of aromatic nitrogens is 1. The smallest absolute Gasteiger partial charge is 0.310 e. The molecule has 0 aliphatic carbocycles. The van der Waals surface area contributed by atoms with Crippen molar-refractivity contribution in [1.29, 1.82) is 0 Å². The molecule has 88 valence electrons. The zero-order valence-electron chi connectivity index (χ0n) is 8.61. The average molecular weight is 231 g/mol. The summed E-state index contributed by atoms with van der Waals surface area (Å²) >= 11 is 0. The third kappa shape index (κ3) is 3.15. The first-order valence-electron chi connectivity index (χ1n) is 4.66. The van der Waals surface area contributed by atoms with Crippen LogP contribution in [0.2, 0.25) is 0 Å². The van der Waals surface area contributed by atoms with E-state index in [4.69, 9.17) is 0 Å². The van der Waals surface area contributed by atoms with Gasteiger partial charge in [-0.25, -0.2) is 8.78 Å². The topological polar surface area (TPSA) is 59.4 Å². The lowest BCUT2D eigenvalue weighted by Crippen LogP contribution is -2.08. The van der Waals surface area contributed by atoms with Crippen molar-refractivity contribution in [2.45, 2.75) is 19.8 Å². The normalized spacial score (nSPS) is 10.5. The highest BCUT2D eigenvalue weighted by atomic mass is 19.3. The molecule has 0 bridgehead atoms. The minimum Gasteiger partial charge on any atom is -0.506 e. The number of carbonyl (C=O) groups is 1. The predicted molar refractivity (Wildman–Crippen MR) is 51.2 cm³/mol. The van der Waals surface area contributed by atoms with Crippen molar-refractivity contribution in [3.63, 3.8) is 0 Å². The first-order valence-corrected chi connectivity index (χ1v) is 4.66. The first-order chi connectivity index (χ1) is 7.54. The Balaban J connectivity index is 2.77. The molecule has 1 N–H and O–H groups in total. The molecule has 0 aliphatic heterocycles. The number of aromatic hydroxyl groups is 1. The summed E-state index contributed by atoms with van der Waals surface area (Å²) in [7, 11) is 0. The van der Waals surface area contributed by atoms with Gasteiger partial charge >= 0.3 is 5.97 Å². The molecule has 0 fully saturated rings. The molecule has 4 nitrogen and oxygen atoms in total. The van der Waals surface area contributed by atoms with E-state index in [2.05, 4.69) is 9.72 Å². The third-order valence-electron chi connectivity index (χ3n) is 1.81. The second-order valence-corrected chi connectivity index (χ2v) is 3.03. The van der Waals surface area contributed by atoms with Crippen molar-refractivity contribution in [2.75, 3.05) is 6.61 Å². The first kappa shape index (κ1) is 12.4. The molecule has 0 aromatic carbocycles. The fraction of sp³-hybridized carbons (Fsp3) is 0.400. The summed E-state index contributed by atoms with van der Waals surface area (Å²) in [6, 6.07) is 1.09. The maximum Gasteiger partial charge on any atom is 0.310 e. The number of rotatable bonds is 4. The van der Waals surface area contributed by atoms with Crippen molar-refractivity contribution in [3.05, 3.63) is 23.5 Å². The molecule has 1 heterocycles. The van der Waals surface area contributed by atoms with Gasteiger partial charge in [-0.2, -0.15) is 0 Å². The molecular formula is C10H11F2NO3. The molecule has 0 amide bonds. The Hall–Kier alpha value is -1.72. The number of hydrogen-bond donors (Lipinski definition) is 1. The molecule has 0 aliphatic rings. The summed E-state index contributed by atoms with van der Waals surface area (Å²) in [5, 5.41) is 9.21. The molecule has 0 saturated heterocycles. The standard InChI is InChI=1S/C10H11F2NO3/c1-2-16-8(15)4-6-3-7(14)9(10(11)12)13-5-6/h3,5,10,14H,2,4H2,1H3. The molecule has 0 unspecified atom stereocenters. The van der Waals surface area contributed by atoms with Gasteiger partial charge in [0.1, 0.15) is 11.4 Å². The van der Waals surface area contributed by atoms with Crippen LogP contribution >= 0.6 is 0 Å². The molecule has 1 aromatic heterocycles. The SMILES string of the molecule is CCOC(=O)Cc1cnc(C(F)F)c(O)c1. The van der Waals surface area contributed by atoms with Crippen molar-refractivity contribution in [2.24, 2.45) is 0 Å². The van der Waals surface area contributed by atoms with Crippen LogP contribution in [0.25, 0.3) is 0 Å². The van der Waals surface area contributed by atoms with E-state index in [0.29, 0.717) is 5.56 Å². The lowest BCUT2D eigenvalue weighted by atomic mass is 10.2. The van der Waals surface area contributed by atoms with E-state index >= 15 is 0 Å². The van der Waals surface area contributed by atoms with E-state index in [-0.39, 0.29) is 13.0 Å². The van der Waals surface area contributed by atoms with Crippen LogP contribution in [0, 0.1) is 0 Å². The van der Waals surface area contributed by atoms with Crippen LogP contribution in [0.5, 0.6) is 5.75 Å². The highest BCUT2D eigenvalue weighted by molar-refractivity contribution is 5.72. The van der Waals surface area contributed by atoms with Gasteiger partial charge < -0.3 is 9.84 Å². The van der Waals surface area contributed by atoms with Gasteiger partial charge in [-0.15, -0.1) is 0 Å². The van der Waals surface area contributed by atoms with E-state index in [9.17, 15) is 18.7 Å². The van der Waals surface area contributed by atoms with Crippen LogP contribution in [0.4, 0.5) is 8.78 Å². The van der Waals surface area contributed by atoms with Gasteiger partial charge in [0.05, 0.1) is 13.0 Å². The Morgan fingerprint density at radius 1 is 1.62 bits per heavy atom. The van der Waals surface area contributed by atoms with Crippen molar-refractivity contribution >= 4 is 5.97 Å². The zero-order valence-corrected chi connectivity index (χ0v) is 8.61. The molecule has 16 heavy (non-hydrogen) atoms. The summed E-state index contributed by atoms with van der Waals surface area (Å²) in [5.74, 6) is -1.11. The highest BCUT2D eigenvalue weighted by Gasteiger charge is 2.15. The highest BCUT2D eigenvalue weighted by Crippen LogP contribution is 2.26. The molecule has 0 spiro atoms. The number of pyridine rings is 1. The largest absolute Gasteiger partial charge is 0.506 e. The van der Waals surface area contributed by atoms with E-state index < -0.39 is 23.8 Å². The third-order valence-corrected chi connectivity index (χ3v) is 1.81. The molecule has 0 saturated carbocycles. The average Bonchev–Trinajstić information content (AvgIpc) is 2.17. The molecule has 0 atom stereocenters. The maximum atomic E-state index is 12.2. The molecule has 0 radical (unpaired) electrons. The van der Waals surface area contributed by atoms with Crippen molar-refractivity contribution < 1.29 is 23.4 Å². The van der Waals surface area contributed by atoms with E-state index in [1.54, 1.807) is 6.92 Å². The van der Waals surface area contributed by atoms with Crippen LogP contribution in [-0.4, -0.2) is 22.7 Å². The minimum absolute atomic E-state index is 0.0993. The van der Waals surface area contributed by atoms with Gasteiger partial charge in [0, 0.05) is 6.20 Å². The van der Waals surface area contributed by atoms with Crippen LogP contribution in [-0.2, 0) is 16.0 Å². The Morgan fingerprint density at radius 2 is 2.31 bits per heavy atom. The quantitative estimate of drug-likeness (QED) is 0.803. The van der Waals surface area contributed by atoms with Gasteiger partial charge in [0.15, 0.2) is 0 Å². The van der Waals surface area contributed by atoms with E-state index in [1.165, 1.54) is 0 Å². The van der Waals surface area contributed by atoms with Gasteiger partial charge in [-0.05, 0) is 18.6 Å². The molecule has 6 heteroatoms. The molecular weight excluding hydrogens is 220 g/mol. The van der Waals surface area contributed by atoms with E-state index in [1.807, 2.05) is 0 Å². The van der Waals surface area contributed by atoms with Gasteiger partial charge in [0.2, 0.25) is 0 Å². The number of nitrogens with zero attached hydrogens (tertiary/aromatic N) is 1. The Morgan fingerprint density at radius 3 is 2.81 bits per heavy atom. The Labute approximate surface area is 90.9 Å². The Kier molecular flexibility index (Phi) is 4.16. The number of hydrogen-bond acceptors (Lipinski definition) is 4. The summed E-state index contributed by atoms with van der Waals surface area (Å²) in [4.78, 5) is 14.4. The number of ether oxygens (including phenoxy) is 1. The second kappa shape index (κ2) is 5.39. The summed E-state index contributed by atoms with van der Waals surface area (Å²) < 4.78 is 29.1. The number of carbonyl (C=O) groups excluding carboxylic acids is 1. The molecule has 1 aromatic rings. The zero-order chi connectivity index (χ0) is 12.1. The fourth-order valence-electron chi connectivity index (χ4n) is 1.15.